The van der Waals surface area contributed by atoms with E-state index >= 15 is 0 Å². The van der Waals surface area contributed by atoms with Gasteiger partial charge in [0.1, 0.15) is 0 Å². The summed E-state index contributed by atoms with van der Waals surface area (Å²) in [7, 11) is 0. The van der Waals surface area contributed by atoms with E-state index in [9.17, 15) is 20.0 Å². The quantitative estimate of drug-likeness (QED) is 0.668. The average Bonchev–Trinajstić information content (AvgIpc) is 2.38. The number of nitro groups is 1. The molecule has 6 heteroatoms. The summed E-state index contributed by atoms with van der Waals surface area (Å²) in [6, 6.07) is 5.63. The second-order valence-electron chi connectivity index (χ2n) is 3.94. The molecule has 2 rings (SSSR count). The van der Waals surface area contributed by atoms with E-state index in [2.05, 4.69) is 0 Å². The highest BCUT2D eigenvalue weighted by Gasteiger charge is 2.28. The standard InChI is InChI=1S/C12H11NO4S/c14-11-5-6-18-7-10(11)12(15)8-1-3-9(4-2-8)13(16)17/h1-6,10,12,15H,7H2/t10-,12-/m0/s1. The smallest absolute Gasteiger partial charge is 0.269 e. The first-order valence-electron chi connectivity index (χ1n) is 5.34. The molecule has 1 aliphatic heterocycles. The summed E-state index contributed by atoms with van der Waals surface area (Å²) in [5.41, 5.74) is 0.491. The zero-order valence-corrected chi connectivity index (χ0v) is 10.2. The summed E-state index contributed by atoms with van der Waals surface area (Å²) in [6.07, 6.45) is 0.531. The molecule has 0 aliphatic carbocycles. The van der Waals surface area contributed by atoms with E-state index in [0.29, 0.717) is 11.3 Å². The molecule has 94 valence electrons. The van der Waals surface area contributed by atoms with Crippen molar-refractivity contribution < 1.29 is 14.8 Å². The predicted molar refractivity (Wildman–Crippen MR) is 68.2 cm³/mol. The van der Waals surface area contributed by atoms with Gasteiger partial charge in [0.25, 0.3) is 5.69 Å². The molecule has 1 aromatic rings. The SMILES string of the molecule is O=C1C=CSC[C@@H]1[C@@H](O)c1ccc([N+](=O)[O-])cc1. The number of benzene rings is 1. The summed E-state index contributed by atoms with van der Waals surface area (Å²) < 4.78 is 0. The van der Waals surface area contributed by atoms with Gasteiger partial charge >= 0.3 is 0 Å². The molecule has 0 unspecified atom stereocenters. The molecule has 0 spiro atoms. The molecule has 0 saturated carbocycles. The summed E-state index contributed by atoms with van der Waals surface area (Å²) in [4.78, 5) is 21.6. The largest absolute Gasteiger partial charge is 0.388 e. The van der Waals surface area contributed by atoms with Gasteiger partial charge in [0, 0.05) is 17.9 Å². The fourth-order valence-corrected chi connectivity index (χ4v) is 2.65. The van der Waals surface area contributed by atoms with Crippen LogP contribution in [0.4, 0.5) is 5.69 Å². The first kappa shape index (κ1) is 12.8. The number of nitro benzene ring substituents is 1. The highest BCUT2D eigenvalue weighted by atomic mass is 32.2. The molecule has 18 heavy (non-hydrogen) atoms. The number of carbonyl (C=O) groups excluding carboxylic acids is 1. The minimum atomic E-state index is -0.921. The Morgan fingerprint density at radius 2 is 2.06 bits per heavy atom. The number of hydrogen-bond donors (Lipinski definition) is 1. The molecule has 5 nitrogen and oxygen atoms in total. The van der Waals surface area contributed by atoms with Crippen LogP contribution < -0.4 is 0 Å². The number of non-ortho nitro benzene ring substituents is 1. The summed E-state index contributed by atoms with van der Waals surface area (Å²) >= 11 is 1.47. The van der Waals surface area contributed by atoms with Crippen LogP contribution in [-0.2, 0) is 4.79 Å². The Hall–Kier alpha value is -1.66. The number of aliphatic hydroxyl groups excluding tert-OH is 1. The van der Waals surface area contributed by atoms with Gasteiger partial charge in [-0.15, -0.1) is 11.8 Å². The van der Waals surface area contributed by atoms with Crippen molar-refractivity contribution in [1.29, 1.82) is 0 Å². The maximum Gasteiger partial charge on any atom is 0.269 e. The second kappa shape index (κ2) is 5.32. The van der Waals surface area contributed by atoms with Gasteiger partial charge in [0.15, 0.2) is 5.78 Å². The van der Waals surface area contributed by atoms with Crippen molar-refractivity contribution >= 4 is 23.2 Å². The van der Waals surface area contributed by atoms with Gasteiger partial charge in [0.05, 0.1) is 16.9 Å². The van der Waals surface area contributed by atoms with E-state index in [1.807, 2.05) is 0 Å². The zero-order chi connectivity index (χ0) is 13.1. The molecule has 1 aromatic carbocycles. The number of carbonyl (C=O) groups is 1. The minimum absolute atomic E-state index is 0.0322. The van der Waals surface area contributed by atoms with E-state index in [1.54, 1.807) is 5.41 Å². The Morgan fingerprint density at radius 3 is 2.61 bits per heavy atom. The maximum atomic E-state index is 11.6. The molecule has 0 amide bonds. The summed E-state index contributed by atoms with van der Waals surface area (Å²) in [5.74, 6) is -0.0749. The molecule has 0 radical (unpaired) electrons. The van der Waals surface area contributed by atoms with E-state index < -0.39 is 16.9 Å². The van der Waals surface area contributed by atoms with Crippen LogP contribution in [0.1, 0.15) is 11.7 Å². The van der Waals surface area contributed by atoms with Gasteiger partial charge in [-0.25, -0.2) is 0 Å². The molecule has 1 heterocycles. The average molecular weight is 265 g/mol. The molecule has 0 bridgehead atoms. The molecule has 0 aromatic heterocycles. The molecule has 1 aliphatic rings. The third-order valence-corrected chi connectivity index (χ3v) is 3.68. The van der Waals surface area contributed by atoms with E-state index in [0.717, 1.165) is 0 Å². The normalized spacial score (nSPS) is 20.7. The van der Waals surface area contributed by atoms with Crippen LogP contribution in [0, 0.1) is 16.0 Å². The Kier molecular flexibility index (Phi) is 3.78. The molecule has 0 fully saturated rings. The zero-order valence-electron chi connectivity index (χ0n) is 9.35. The van der Waals surface area contributed by atoms with Gasteiger partial charge in [-0.2, -0.15) is 0 Å². The van der Waals surface area contributed by atoms with Gasteiger partial charge in [-0.3, -0.25) is 14.9 Å². The van der Waals surface area contributed by atoms with Crippen LogP contribution in [0.15, 0.2) is 35.7 Å². The highest BCUT2D eigenvalue weighted by Crippen LogP contribution is 2.30. The van der Waals surface area contributed by atoms with Crippen LogP contribution in [0.3, 0.4) is 0 Å². The van der Waals surface area contributed by atoms with Gasteiger partial charge in [-0.05, 0) is 29.2 Å². The van der Waals surface area contributed by atoms with Crippen LogP contribution in [0.25, 0.3) is 0 Å². The fraction of sp³-hybridized carbons (Fsp3) is 0.250. The molecular formula is C12H11NO4S. The van der Waals surface area contributed by atoms with Crippen LogP contribution in [0.5, 0.6) is 0 Å². The molecule has 0 saturated heterocycles. The molecular weight excluding hydrogens is 254 g/mol. The number of thioether (sulfide) groups is 1. The molecule has 1 N–H and O–H groups in total. The topological polar surface area (TPSA) is 80.4 Å². The first-order chi connectivity index (χ1) is 8.59. The number of ketones is 1. The minimum Gasteiger partial charge on any atom is -0.388 e. The van der Waals surface area contributed by atoms with Crippen LogP contribution >= 0.6 is 11.8 Å². The summed E-state index contributed by atoms with van der Waals surface area (Å²) in [5, 5.41) is 22.3. The third kappa shape index (κ3) is 2.60. The van der Waals surface area contributed by atoms with E-state index in [-0.39, 0.29) is 11.5 Å². The summed E-state index contributed by atoms with van der Waals surface area (Å²) in [6.45, 7) is 0. The van der Waals surface area contributed by atoms with Crippen molar-refractivity contribution in [2.75, 3.05) is 5.75 Å². The maximum absolute atomic E-state index is 11.6. The van der Waals surface area contributed by atoms with Crippen molar-refractivity contribution in [3.05, 3.63) is 51.4 Å². The first-order valence-corrected chi connectivity index (χ1v) is 6.39. The number of hydrogen-bond acceptors (Lipinski definition) is 5. The fourth-order valence-electron chi connectivity index (χ4n) is 1.75. The lowest BCUT2D eigenvalue weighted by atomic mass is 9.93. The Balaban J connectivity index is 2.18. The highest BCUT2D eigenvalue weighted by molar-refractivity contribution is 8.02. The predicted octanol–water partition coefficient (Wildman–Crippen LogP) is 2.07. The lowest BCUT2D eigenvalue weighted by Crippen LogP contribution is -2.24. The molecule has 2 atom stereocenters. The monoisotopic (exact) mass is 265 g/mol. The Morgan fingerprint density at radius 1 is 1.39 bits per heavy atom. The Labute approximate surface area is 108 Å². The van der Waals surface area contributed by atoms with Crippen molar-refractivity contribution in [2.45, 2.75) is 6.10 Å². The number of nitrogens with zero attached hydrogens (tertiary/aromatic N) is 1. The van der Waals surface area contributed by atoms with Gasteiger partial charge < -0.3 is 5.11 Å². The number of rotatable bonds is 3. The van der Waals surface area contributed by atoms with Gasteiger partial charge in [-0.1, -0.05) is 0 Å². The van der Waals surface area contributed by atoms with E-state index in [1.165, 1.54) is 42.1 Å². The number of aliphatic hydroxyl groups is 1. The van der Waals surface area contributed by atoms with Crippen molar-refractivity contribution in [3.8, 4) is 0 Å². The van der Waals surface area contributed by atoms with Crippen molar-refractivity contribution in [3.63, 3.8) is 0 Å². The number of allylic oxidation sites excluding steroid dienone is 1. The van der Waals surface area contributed by atoms with Crippen molar-refractivity contribution in [1.82, 2.24) is 0 Å². The van der Waals surface area contributed by atoms with Crippen LogP contribution in [-0.4, -0.2) is 21.6 Å². The lowest BCUT2D eigenvalue weighted by molar-refractivity contribution is -0.384. The lowest BCUT2D eigenvalue weighted by Gasteiger charge is -2.22. The van der Waals surface area contributed by atoms with Crippen molar-refractivity contribution in [2.24, 2.45) is 5.92 Å². The Bertz CT molecular complexity index is 497. The van der Waals surface area contributed by atoms with Gasteiger partial charge in [0.2, 0.25) is 0 Å². The second-order valence-corrected chi connectivity index (χ2v) is 4.88. The van der Waals surface area contributed by atoms with Crippen LogP contribution in [0.2, 0.25) is 0 Å². The third-order valence-electron chi connectivity index (χ3n) is 2.80. The van der Waals surface area contributed by atoms with E-state index in [4.69, 9.17) is 0 Å².